The average Bonchev–Trinajstić information content (AvgIpc) is 2.55. The zero-order valence-corrected chi connectivity index (χ0v) is 14.8. The summed E-state index contributed by atoms with van der Waals surface area (Å²) in [7, 11) is 3.63. The van der Waals surface area contributed by atoms with Crippen molar-refractivity contribution in [3.8, 4) is 17.2 Å². The molecule has 23 heavy (non-hydrogen) atoms. The van der Waals surface area contributed by atoms with Gasteiger partial charge in [0.05, 0.1) is 19.8 Å². The summed E-state index contributed by atoms with van der Waals surface area (Å²) in [5, 5.41) is 3.03. The van der Waals surface area contributed by atoms with Gasteiger partial charge in [0.1, 0.15) is 0 Å². The Labute approximate surface area is 138 Å². The van der Waals surface area contributed by atoms with E-state index in [1.54, 1.807) is 24.1 Å². The highest BCUT2D eigenvalue weighted by Crippen LogP contribution is 2.39. The first-order chi connectivity index (χ1) is 11.1. The van der Waals surface area contributed by atoms with Crippen LogP contribution in [-0.2, 0) is 0 Å². The second-order valence-corrected chi connectivity index (χ2v) is 4.93. The molecule has 6 nitrogen and oxygen atoms in total. The Morgan fingerprint density at radius 3 is 2.00 bits per heavy atom. The third kappa shape index (κ3) is 5.32. The predicted octanol–water partition coefficient (Wildman–Crippen LogP) is 2.17. The number of carbonyl (C=O) groups excluding carboxylic acids is 1. The van der Waals surface area contributed by atoms with Crippen molar-refractivity contribution in [3.05, 3.63) is 17.7 Å². The van der Waals surface area contributed by atoms with Gasteiger partial charge in [0.25, 0.3) is 5.91 Å². The normalized spacial score (nSPS) is 10.3. The van der Waals surface area contributed by atoms with Crippen molar-refractivity contribution in [3.63, 3.8) is 0 Å². The number of benzene rings is 1. The molecule has 0 aliphatic rings. The summed E-state index contributed by atoms with van der Waals surface area (Å²) < 4.78 is 16.9. The van der Waals surface area contributed by atoms with Crippen LogP contribution in [0, 0.1) is 0 Å². The largest absolute Gasteiger partial charge is 0.490 e. The highest BCUT2D eigenvalue weighted by molar-refractivity contribution is 5.95. The van der Waals surface area contributed by atoms with Crippen LogP contribution in [-0.4, -0.2) is 57.8 Å². The van der Waals surface area contributed by atoms with E-state index < -0.39 is 0 Å². The molecule has 0 heterocycles. The fourth-order valence-corrected chi connectivity index (χ4v) is 2.11. The maximum Gasteiger partial charge on any atom is 0.253 e. The maximum atomic E-state index is 12.6. The summed E-state index contributed by atoms with van der Waals surface area (Å²) in [6.45, 7) is 8.50. The van der Waals surface area contributed by atoms with Crippen molar-refractivity contribution in [2.45, 2.75) is 20.8 Å². The van der Waals surface area contributed by atoms with E-state index >= 15 is 0 Å². The Balaban J connectivity index is 3.19. The van der Waals surface area contributed by atoms with Gasteiger partial charge in [0.2, 0.25) is 5.75 Å². The summed E-state index contributed by atoms with van der Waals surface area (Å²) in [5.41, 5.74) is 0.527. The van der Waals surface area contributed by atoms with E-state index in [-0.39, 0.29) is 5.91 Å². The zero-order valence-electron chi connectivity index (χ0n) is 14.8. The molecule has 0 spiro atoms. The molecule has 0 aliphatic heterocycles. The van der Waals surface area contributed by atoms with Crippen molar-refractivity contribution in [1.29, 1.82) is 0 Å². The third-order valence-electron chi connectivity index (χ3n) is 3.20. The molecule has 1 N–H and O–H groups in total. The molecule has 1 aromatic rings. The van der Waals surface area contributed by atoms with Crippen molar-refractivity contribution in [2.75, 3.05) is 47.0 Å². The fraction of sp³-hybridized carbons (Fsp3) is 0.588. The van der Waals surface area contributed by atoms with Crippen LogP contribution in [0.4, 0.5) is 0 Å². The fourth-order valence-electron chi connectivity index (χ4n) is 2.11. The van der Waals surface area contributed by atoms with Gasteiger partial charge in [0.15, 0.2) is 11.5 Å². The number of hydrogen-bond donors (Lipinski definition) is 1. The van der Waals surface area contributed by atoms with E-state index in [0.29, 0.717) is 49.2 Å². The van der Waals surface area contributed by atoms with Gasteiger partial charge in [-0.2, -0.15) is 0 Å². The molecule has 0 bridgehead atoms. The molecule has 0 aromatic heterocycles. The minimum Gasteiger partial charge on any atom is -0.490 e. The minimum absolute atomic E-state index is 0.0785. The van der Waals surface area contributed by atoms with Crippen LogP contribution in [0.3, 0.4) is 0 Å². The van der Waals surface area contributed by atoms with Gasteiger partial charge in [-0.25, -0.2) is 0 Å². The van der Waals surface area contributed by atoms with Crippen LogP contribution in [0.2, 0.25) is 0 Å². The van der Waals surface area contributed by atoms with Gasteiger partial charge < -0.3 is 24.4 Å². The summed E-state index contributed by atoms with van der Waals surface area (Å²) in [6, 6.07) is 3.43. The number of ether oxygens (including phenoxy) is 3. The first-order valence-corrected chi connectivity index (χ1v) is 8.05. The molecule has 6 heteroatoms. The van der Waals surface area contributed by atoms with Gasteiger partial charge >= 0.3 is 0 Å². The molecule has 0 fully saturated rings. The van der Waals surface area contributed by atoms with Crippen molar-refractivity contribution >= 4 is 5.91 Å². The molecule has 1 aromatic carbocycles. The maximum absolute atomic E-state index is 12.6. The molecule has 1 rings (SSSR count). The van der Waals surface area contributed by atoms with E-state index in [1.807, 2.05) is 27.8 Å². The summed E-state index contributed by atoms with van der Waals surface area (Å²) in [6.07, 6.45) is 0. The van der Waals surface area contributed by atoms with Crippen LogP contribution in [0.25, 0.3) is 0 Å². The lowest BCUT2D eigenvalue weighted by Crippen LogP contribution is -2.32. The lowest BCUT2D eigenvalue weighted by Gasteiger charge is -2.20. The van der Waals surface area contributed by atoms with Crippen LogP contribution in [0.1, 0.15) is 31.1 Å². The number of hydrogen-bond acceptors (Lipinski definition) is 5. The van der Waals surface area contributed by atoms with E-state index in [2.05, 4.69) is 5.32 Å². The topological polar surface area (TPSA) is 60.0 Å². The molecular formula is C17H28N2O4. The molecule has 0 atom stereocenters. The van der Waals surface area contributed by atoms with E-state index in [4.69, 9.17) is 14.2 Å². The summed E-state index contributed by atoms with van der Waals surface area (Å²) in [5.74, 6) is 1.53. The standard InChI is InChI=1S/C17H28N2O4/c1-6-21-14-11-13(17(20)19(5)10-9-18-4)12-15(22-7-2)16(14)23-8-3/h11-12,18H,6-10H2,1-5H3. The average molecular weight is 324 g/mol. The number of amides is 1. The minimum atomic E-state index is -0.0785. The Bertz CT molecular complexity index is 478. The summed E-state index contributed by atoms with van der Waals surface area (Å²) in [4.78, 5) is 14.2. The van der Waals surface area contributed by atoms with Gasteiger partial charge in [-0.3, -0.25) is 4.79 Å². The number of nitrogens with one attached hydrogen (secondary N) is 1. The predicted molar refractivity (Wildman–Crippen MR) is 90.8 cm³/mol. The lowest BCUT2D eigenvalue weighted by atomic mass is 10.1. The SMILES string of the molecule is CCOc1cc(C(=O)N(C)CCNC)cc(OCC)c1OCC. The highest BCUT2D eigenvalue weighted by atomic mass is 16.5. The Hall–Kier alpha value is -1.95. The quantitative estimate of drug-likeness (QED) is 0.715. The number of likely N-dealkylation sites (N-methyl/N-ethyl adjacent to an activating group) is 2. The second-order valence-electron chi connectivity index (χ2n) is 4.93. The van der Waals surface area contributed by atoms with Crippen LogP contribution in [0.5, 0.6) is 17.2 Å². The Kier molecular flexibility index (Phi) is 8.26. The zero-order chi connectivity index (χ0) is 17.2. The first kappa shape index (κ1) is 19.1. The molecule has 0 unspecified atom stereocenters. The molecule has 1 amide bonds. The number of nitrogens with zero attached hydrogens (tertiary/aromatic N) is 1. The highest BCUT2D eigenvalue weighted by Gasteiger charge is 2.20. The smallest absolute Gasteiger partial charge is 0.253 e. The number of carbonyl (C=O) groups is 1. The van der Waals surface area contributed by atoms with Crippen molar-refractivity contribution in [2.24, 2.45) is 0 Å². The van der Waals surface area contributed by atoms with Crippen LogP contribution < -0.4 is 19.5 Å². The first-order valence-electron chi connectivity index (χ1n) is 8.05. The molecule has 0 radical (unpaired) electrons. The molecule has 0 saturated heterocycles. The molecular weight excluding hydrogens is 296 g/mol. The van der Waals surface area contributed by atoms with Gasteiger partial charge in [-0.1, -0.05) is 0 Å². The molecule has 130 valence electrons. The molecule has 0 saturated carbocycles. The van der Waals surface area contributed by atoms with E-state index in [9.17, 15) is 4.79 Å². The lowest BCUT2D eigenvalue weighted by molar-refractivity contribution is 0.0795. The summed E-state index contributed by atoms with van der Waals surface area (Å²) >= 11 is 0. The van der Waals surface area contributed by atoms with E-state index in [0.717, 1.165) is 6.54 Å². The third-order valence-corrected chi connectivity index (χ3v) is 3.20. The van der Waals surface area contributed by atoms with Gasteiger partial charge in [-0.15, -0.1) is 0 Å². The monoisotopic (exact) mass is 324 g/mol. The second kappa shape index (κ2) is 9.94. The van der Waals surface area contributed by atoms with Gasteiger partial charge in [-0.05, 0) is 40.0 Å². The molecule has 0 aliphatic carbocycles. The van der Waals surface area contributed by atoms with Crippen LogP contribution >= 0.6 is 0 Å². The van der Waals surface area contributed by atoms with Gasteiger partial charge in [0, 0.05) is 25.7 Å². The van der Waals surface area contributed by atoms with Crippen LogP contribution in [0.15, 0.2) is 12.1 Å². The Morgan fingerprint density at radius 1 is 1.04 bits per heavy atom. The van der Waals surface area contributed by atoms with Crippen molar-refractivity contribution < 1.29 is 19.0 Å². The Morgan fingerprint density at radius 2 is 1.57 bits per heavy atom. The number of rotatable bonds is 10. The van der Waals surface area contributed by atoms with Crippen molar-refractivity contribution in [1.82, 2.24) is 10.2 Å². The van der Waals surface area contributed by atoms with E-state index in [1.165, 1.54) is 0 Å².